The number of aliphatic imine (C=N–C) groups is 1. The van der Waals surface area contributed by atoms with Crippen LogP contribution in [-0.4, -0.2) is 71.0 Å². The summed E-state index contributed by atoms with van der Waals surface area (Å²) in [7, 11) is 3.89. The lowest BCUT2D eigenvalue weighted by Gasteiger charge is -2.42. The zero-order valence-electron chi connectivity index (χ0n) is 21.5. The Hall–Kier alpha value is -3.57. The van der Waals surface area contributed by atoms with Crippen LogP contribution in [-0.2, 0) is 17.9 Å². The average molecular weight is 546 g/mol. The van der Waals surface area contributed by atoms with Crippen molar-refractivity contribution >= 4 is 40.8 Å². The lowest BCUT2D eigenvalue weighted by atomic mass is 9.99. The van der Waals surface area contributed by atoms with Crippen molar-refractivity contribution in [3.63, 3.8) is 0 Å². The van der Waals surface area contributed by atoms with Gasteiger partial charge in [-0.1, -0.05) is 17.7 Å². The van der Waals surface area contributed by atoms with Gasteiger partial charge in [-0.15, -0.1) is 0 Å². The number of carbonyl (C=O) groups is 2. The van der Waals surface area contributed by atoms with Gasteiger partial charge >= 0.3 is 0 Å². The van der Waals surface area contributed by atoms with Crippen molar-refractivity contribution in [2.45, 2.75) is 32.6 Å². The molecule has 9 nitrogen and oxygen atoms in total. The van der Waals surface area contributed by atoms with E-state index in [4.69, 9.17) is 11.6 Å². The number of fused-ring (bicyclic) bond motifs is 2. The Balaban J connectivity index is 1.54. The van der Waals surface area contributed by atoms with Crippen LogP contribution in [0.4, 0.5) is 14.6 Å². The number of quaternary nitrogens is 1. The molecule has 0 aliphatic carbocycles. The minimum Gasteiger partial charge on any atom is -0.365 e. The van der Waals surface area contributed by atoms with Crippen LogP contribution < -0.4 is 16.2 Å². The molecule has 3 aliphatic rings. The number of likely N-dealkylation sites (tertiary alicyclic amines) is 1. The lowest BCUT2D eigenvalue weighted by molar-refractivity contribution is -0.718. The van der Waals surface area contributed by atoms with Gasteiger partial charge in [-0.3, -0.25) is 19.0 Å². The molecule has 1 fully saturated rings. The van der Waals surface area contributed by atoms with Crippen LogP contribution in [0.5, 0.6) is 0 Å². The molecular formula is C26H28ClF2N6O3+. The monoisotopic (exact) mass is 545 g/mol. The number of anilines is 1. The third-order valence-electron chi connectivity index (χ3n) is 7.29. The number of halogens is 3. The zero-order valence-corrected chi connectivity index (χ0v) is 22.2. The molecule has 1 saturated heterocycles. The summed E-state index contributed by atoms with van der Waals surface area (Å²) in [5, 5.41) is 6.01. The summed E-state index contributed by atoms with van der Waals surface area (Å²) in [4.78, 5) is 45.8. The summed E-state index contributed by atoms with van der Waals surface area (Å²) in [6.07, 6.45) is 0. The molecule has 4 heterocycles. The van der Waals surface area contributed by atoms with Crippen molar-refractivity contribution in [2.75, 3.05) is 39.0 Å². The van der Waals surface area contributed by atoms with Gasteiger partial charge < -0.3 is 15.5 Å². The predicted molar refractivity (Wildman–Crippen MR) is 140 cm³/mol. The van der Waals surface area contributed by atoms with Crippen molar-refractivity contribution in [3.8, 4) is 0 Å². The Bertz CT molecular complexity index is 1500. The second-order valence-corrected chi connectivity index (χ2v) is 11.0. The number of amides is 2. The van der Waals surface area contributed by atoms with E-state index in [9.17, 15) is 23.2 Å². The van der Waals surface area contributed by atoms with Gasteiger partial charge in [0, 0.05) is 24.1 Å². The molecule has 3 aliphatic heterocycles. The standard InChI is InChI=1S/C26H27ClF2N6O3/c1-14-32-20-10-30-23-17(22(20)35(14,3)4)8-18(24(37)31-9-15-5-6-16(27)7-19(15)28)25(38)34(23)11-21(36)33-12-26(2,29)13-33/h5-8H,9-13H2,1-4H3,(H-,30,31,37,38)/p+1. The first-order chi connectivity index (χ1) is 17.8. The van der Waals surface area contributed by atoms with Gasteiger partial charge in [0.15, 0.2) is 5.70 Å². The third kappa shape index (κ3) is 4.39. The van der Waals surface area contributed by atoms with Gasteiger partial charge in [-0.25, -0.2) is 13.3 Å². The van der Waals surface area contributed by atoms with Gasteiger partial charge in [0.1, 0.15) is 35.1 Å². The smallest absolute Gasteiger partial charge is 0.265 e. The molecule has 0 radical (unpaired) electrons. The third-order valence-corrected chi connectivity index (χ3v) is 7.53. The molecule has 2 N–H and O–H groups in total. The van der Waals surface area contributed by atoms with Crippen LogP contribution in [0.15, 0.2) is 39.7 Å². The van der Waals surface area contributed by atoms with Gasteiger partial charge in [-0.2, -0.15) is 4.99 Å². The first-order valence-electron chi connectivity index (χ1n) is 12.1. The molecule has 200 valence electrons. The molecule has 38 heavy (non-hydrogen) atoms. The maximum Gasteiger partial charge on any atom is 0.265 e. The van der Waals surface area contributed by atoms with Crippen LogP contribution in [0.25, 0.3) is 5.70 Å². The molecule has 0 unspecified atom stereocenters. The van der Waals surface area contributed by atoms with Crippen molar-refractivity contribution in [3.05, 3.63) is 67.8 Å². The number of pyridine rings is 1. The number of hydrogen-bond acceptors (Lipinski definition) is 5. The Labute approximate surface area is 223 Å². The summed E-state index contributed by atoms with van der Waals surface area (Å²) in [5.41, 5.74) is -0.0232. The van der Waals surface area contributed by atoms with Gasteiger partial charge in [0.2, 0.25) is 11.7 Å². The van der Waals surface area contributed by atoms with E-state index in [2.05, 4.69) is 15.6 Å². The number of aromatic nitrogens is 1. The summed E-state index contributed by atoms with van der Waals surface area (Å²) >= 11 is 5.81. The number of rotatable bonds is 5. The summed E-state index contributed by atoms with van der Waals surface area (Å²) < 4.78 is 29.8. The zero-order chi connectivity index (χ0) is 27.6. The highest BCUT2D eigenvalue weighted by atomic mass is 35.5. The lowest BCUT2D eigenvalue weighted by Crippen LogP contribution is -2.60. The summed E-state index contributed by atoms with van der Waals surface area (Å²) in [6, 6.07) is 5.59. The number of nitrogens with one attached hydrogen (secondary N) is 2. The minimum atomic E-state index is -1.46. The van der Waals surface area contributed by atoms with Gasteiger partial charge in [0.05, 0.1) is 39.3 Å². The molecule has 0 atom stereocenters. The van der Waals surface area contributed by atoms with Crippen molar-refractivity contribution in [1.29, 1.82) is 0 Å². The SMILES string of the molecule is CC1=NC2=C(c3cc(C(=O)NCc4ccc(Cl)cc4F)c(=O)n(CC(=O)N4CC(C)(F)C4)c3NC2)[N+]1(C)C. The quantitative estimate of drug-likeness (QED) is 0.565. The van der Waals surface area contributed by atoms with E-state index in [0.717, 1.165) is 23.3 Å². The normalized spacial score (nSPS) is 18.7. The topological polar surface area (TPSA) is 95.8 Å². The molecule has 5 rings (SSSR count). The van der Waals surface area contributed by atoms with E-state index in [1.165, 1.54) is 34.6 Å². The van der Waals surface area contributed by atoms with Crippen molar-refractivity contribution in [2.24, 2.45) is 4.99 Å². The highest BCUT2D eigenvalue weighted by Crippen LogP contribution is 2.40. The first kappa shape index (κ1) is 26.1. The first-order valence-corrected chi connectivity index (χ1v) is 12.5. The van der Waals surface area contributed by atoms with Crippen LogP contribution in [0.3, 0.4) is 0 Å². The number of hydrogen-bond donors (Lipinski definition) is 2. The molecule has 2 aromatic rings. The summed E-state index contributed by atoms with van der Waals surface area (Å²) in [5.74, 6) is -0.522. The van der Waals surface area contributed by atoms with E-state index in [1.807, 2.05) is 21.0 Å². The highest BCUT2D eigenvalue weighted by Gasteiger charge is 2.44. The molecule has 2 amide bonds. The van der Waals surface area contributed by atoms with Crippen molar-refractivity contribution < 1.29 is 22.9 Å². The predicted octanol–water partition coefficient (Wildman–Crippen LogP) is 2.74. The van der Waals surface area contributed by atoms with E-state index < -0.39 is 28.9 Å². The van der Waals surface area contributed by atoms with Crippen LogP contribution >= 0.6 is 11.6 Å². The maximum atomic E-state index is 14.3. The molecule has 1 aromatic carbocycles. The molecule has 12 heteroatoms. The van der Waals surface area contributed by atoms with Gasteiger partial charge in [-0.05, 0) is 25.1 Å². The van der Waals surface area contributed by atoms with Crippen LogP contribution in [0.1, 0.15) is 35.3 Å². The van der Waals surface area contributed by atoms with E-state index >= 15 is 0 Å². The fourth-order valence-electron chi connectivity index (χ4n) is 5.05. The second kappa shape index (κ2) is 9.02. The van der Waals surface area contributed by atoms with Crippen LogP contribution in [0, 0.1) is 5.82 Å². The Morgan fingerprint density at radius 3 is 2.63 bits per heavy atom. The largest absolute Gasteiger partial charge is 0.365 e. The van der Waals surface area contributed by atoms with Gasteiger partial charge in [0.25, 0.3) is 11.5 Å². The van der Waals surface area contributed by atoms with E-state index in [-0.39, 0.29) is 42.3 Å². The average Bonchev–Trinajstić information content (AvgIpc) is 3.06. The number of alkyl halides is 1. The maximum absolute atomic E-state index is 14.3. The Kier molecular flexibility index (Phi) is 6.18. The Morgan fingerprint density at radius 1 is 1.26 bits per heavy atom. The Morgan fingerprint density at radius 2 is 1.97 bits per heavy atom. The number of carbonyl (C=O) groups excluding carboxylic acids is 2. The van der Waals surface area contributed by atoms with Crippen molar-refractivity contribution in [1.82, 2.24) is 14.8 Å². The molecule has 0 bridgehead atoms. The molecular weight excluding hydrogens is 518 g/mol. The highest BCUT2D eigenvalue weighted by molar-refractivity contribution is 6.30. The number of amidine groups is 1. The molecule has 1 aromatic heterocycles. The fraction of sp³-hybridized carbons (Fsp3) is 0.385. The molecule has 0 spiro atoms. The fourth-order valence-corrected chi connectivity index (χ4v) is 5.21. The number of nitrogens with zero attached hydrogens (tertiary/aromatic N) is 4. The van der Waals surface area contributed by atoms with E-state index in [0.29, 0.717) is 22.4 Å². The number of benzene rings is 1. The molecule has 0 saturated carbocycles. The minimum absolute atomic E-state index is 0.0602. The van der Waals surface area contributed by atoms with Crippen LogP contribution in [0.2, 0.25) is 5.02 Å². The van der Waals surface area contributed by atoms with E-state index in [1.54, 1.807) is 0 Å². The summed E-state index contributed by atoms with van der Waals surface area (Å²) in [6.45, 7) is 2.98. The second-order valence-electron chi connectivity index (χ2n) is 10.6.